The third kappa shape index (κ3) is 2.97. The second-order valence-electron chi connectivity index (χ2n) is 5.52. The van der Waals surface area contributed by atoms with E-state index in [9.17, 15) is 4.79 Å². The highest BCUT2D eigenvalue weighted by molar-refractivity contribution is 5.91. The third-order valence-electron chi connectivity index (χ3n) is 4.21. The van der Waals surface area contributed by atoms with Crippen molar-refractivity contribution in [3.8, 4) is 0 Å². The lowest BCUT2D eigenvalue weighted by Gasteiger charge is -2.35. The molecule has 3 atom stereocenters. The number of primary amides is 1. The number of hydrogen-bond donors (Lipinski definition) is 3. The van der Waals surface area contributed by atoms with Crippen molar-refractivity contribution in [2.24, 2.45) is 17.6 Å². The lowest BCUT2D eigenvalue weighted by atomic mass is 9.78. The van der Waals surface area contributed by atoms with Crippen LogP contribution in [0.2, 0.25) is 0 Å². The van der Waals surface area contributed by atoms with E-state index in [4.69, 9.17) is 11.5 Å². The predicted octanol–water partition coefficient (Wildman–Crippen LogP) is 2.00. The number of rotatable bonds is 3. The number of aromatic nitrogens is 1. The fourth-order valence-corrected chi connectivity index (χ4v) is 2.68. The van der Waals surface area contributed by atoms with E-state index in [0.29, 0.717) is 29.4 Å². The van der Waals surface area contributed by atoms with Gasteiger partial charge in [0.1, 0.15) is 11.5 Å². The van der Waals surface area contributed by atoms with Crippen LogP contribution >= 0.6 is 0 Å². The van der Waals surface area contributed by atoms with Gasteiger partial charge in [0, 0.05) is 6.04 Å². The SMILES string of the molecule is CC1CCCC(Nc2nc(C(N)=O)ccc2N)C1C. The number of amides is 1. The van der Waals surface area contributed by atoms with Crippen LogP contribution in [0.25, 0.3) is 0 Å². The number of nitrogens with two attached hydrogens (primary N) is 2. The number of nitrogens with one attached hydrogen (secondary N) is 1. The summed E-state index contributed by atoms with van der Waals surface area (Å²) >= 11 is 0. The number of anilines is 2. The Morgan fingerprint density at radius 1 is 1.37 bits per heavy atom. The molecule has 1 amide bonds. The second-order valence-corrected chi connectivity index (χ2v) is 5.52. The van der Waals surface area contributed by atoms with Crippen LogP contribution in [0.3, 0.4) is 0 Å². The smallest absolute Gasteiger partial charge is 0.267 e. The molecule has 19 heavy (non-hydrogen) atoms. The molecule has 1 fully saturated rings. The molecular formula is C14H22N4O. The average molecular weight is 262 g/mol. The highest BCUT2D eigenvalue weighted by atomic mass is 16.1. The molecule has 5 N–H and O–H groups in total. The Kier molecular flexibility index (Phi) is 3.93. The molecule has 104 valence electrons. The lowest BCUT2D eigenvalue weighted by Crippen LogP contribution is -2.35. The summed E-state index contributed by atoms with van der Waals surface area (Å²) < 4.78 is 0. The van der Waals surface area contributed by atoms with E-state index >= 15 is 0 Å². The fraction of sp³-hybridized carbons (Fsp3) is 0.571. The molecule has 0 radical (unpaired) electrons. The molecule has 1 saturated carbocycles. The van der Waals surface area contributed by atoms with Gasteiger partial charge >= 0.3 is 0 Å². The molecule has 0 aromatic carbocycles. The van der Waals surface area contributed by atoms with Crippen LogP contribution in [0.15, 0.2) is 12.1 Å². The zero-order valence-corrected chi connectivity index (χ0v) is 11.5. The van der Waals surface area contributed by atoms with E-state index < -0.39 is 5.91 Å². The highest BCUT2D eigenvalue weighted by Crippen LogP contribution is 2.32. The standard InChI is InChI=1S/C14H22N4O/c1-8-4-3-5-11(9(8)2)17-14-10(15)6-7-12(18-14)13(16)19/h6-9,11H,3-5,15H2,1-2H3,(H2,16,19)(H,17,18). The first-order valence-electron chi connectivity index (χ1n) is 6.82. The Labute approximate surface area is 113 Å². The molecular weight excluding hydrogens is 240 g/mol. The summed E-state index contributed by atoms with van der Waals surface area (Å²) in [6, 6.07) is 3.57. The van der Waals surface area contributed by atoms with E-state index in [1.165, 1.54) is 12.8 Å². The predicted molar refractivity (Wildman–Crippen MR) is 76.8 cm³/mol. The minimum atomic E-state index is -0.534. The van der Waals surface area contributed by atoms with Gasteiger partial charge in [-0.15, -0.1) is 0 Å². The summed E-state index contributed by atoms with van der Waals surface area (Å²) in [5.41, 5.74) is 11.9. The molecule has 2 rings (SSSR count). The highest BCUT2D eigenvalue weighted by Gasteiger charge is 2.27. The Morgan fingerprint density at radius 2 is 2.11 bits per heavy atom. The van der Waals surface area contributed by atoms with Gasteiger partial charge in [-0.25, -0.2) is 4.98 Å². The van der Waals surface area contributed by atoms with Crippen molar-refractivity contribution in [1.29, 1.82) is 0 Å². The lowest BCUT2D eigenvalue weighted by molar-refractivity contribution is 0.0995. The van der Waals surface area contributed by atoms with E-state index in [2.05, 4.69) is 24.1 Å². The van der Waals surface area contributed by atoms with Gasteiger partial charge in [0.2, 0.25) is 0 Å². The normalized spacial score (nSPS) is 26.9. The number of nitrogens with zero attached hydrogens (tertiary/aromatic N) is 1. The van der Waals surface area contributed by atoms with Crippen molar-refractivity contribution in [2.75, 3.05) is 11.1 Å². The summed E-state index contributed by atoms with van der Waals surface area (Å²) in [6.07, 6.45) is 3.58. The second kappa shape index (κ2) is 5.47. The largest absolute Gasteiger partial charge is 0.396 e. The van der Waals surface area contributed by atoms with Crippen LogP contribution in [0.5, 0.6) is 0 Å². The maximum absolute atomic E-state index is 11.2. The Balaban J connectivity index is 2.18. The molecule has 0 bridgehead atoms. The summed E-state index contributed by atoms with van der Waals surface area (Å²) in [7, 11) is 0. The Morgan fingerprint density at radius 3 is 2.79 bits per heavy atom. The summed E-state index contributed by atoms with van der Waals surface area (Å²) in [6.45, 7) is 4.52. The molecule has 1 aliphatic carbocycles. The quantitative estimate of drug-likeness (QED) is 0.776. The summed E-state index contributed by atoms with van der Waals surface area (Å²) in [4.78, 5) is 15.4. The molecule has 5 nitrogen and oxygen atoms in total. The van der Waals surface area contributed by atoms with Gasteiger partial charge < -0.3 is 16.8 Å². The summed E-state index contributed by atoms with van der Waals surface area (Å²) in [5.74, 6) is 1.29. The van der Waals surface area contributed by atoms with Crippen molar-refractivity contribution in [1.82, 2.24) is 4.98 Å². The van der Waals surface area contributed by atoms with E-state index in [1.807, 2.05) is 0 Å². The first-order chi connectivity index (χ1) is 8.99. The van der Waals surface area contributed by atoms with E-state index in [0.717, 1.165) is 6.42 Å². The van der Waals surface area contributed by atoms with Gasteiger partial charge in [0.05, 0.1) is 5.69 Å². The van der Waals surface area contributed by atoms with Crippen molar-refractivity contribution in [3.05, 3.63) is 17.8 Å². The zero-order chi connectivity index (χ0) is 14.0. The first-order valence-corrected chi connectivity index (χ1v) is 6.82. The van der Waals surface area contributed by atoms with Crippen molar-refractivity contribution >= 4 is 17.4 Å². The van der Waals surface area contributed by atoms with Crippen LogP contribution in [0.4, 0.5) is 11.5 Å². The average Bonchev–Trinajstić information content (AvgIpc) is 2.37. The van der Waals surface area contributed by atoms with Crippen LogP contribution in [-0.4, -0.2) is 16.9 Å². The fourth-order valence-electron chi connectivity index (χ4n) is 2.68. The maximum atomic E-state index is 11.2. The minimum absolute atomic E-state index is 0.244. The van der Waals surface area contributed by atoms with Crippen LogP contribution in [0.1, 0.15) is 43.6 Å². The van der Waals surface area contributed by atoms with E-state index in [-0.39, 0.29) is 5.69 Å². The number of hydrogen-bond acceptors (Lipinski definition) is 4. The molecule has 1 heterocycles. The van der Waals surface area contributed by atoms with Gasteiger partial charge in [-0.3, -0.25) is 4.79 Å². The first kappa shape index (κ1) is 13.6. The molecule has 3 unspecified atom stereocenters. The van der Waals surface area contributed by atoms with Crippen LogP contribution < -0.4 is 16.8 Å². The molecule has 0 saturated heterocycles. The minimum Gasteiger partial charge on any atom is -0.396 e. The monoisotopic (exact) mass is 262 g/mol. The molecule has 0 aliphatic heterocycles. The molecule has 0 spiro atoms. The summed E-state index contributed by atoms with van der Waals surface area (Å²) in [5, 5.41) is 3.38. The van der Waals surface area contributed by atoms with Gasteiger partial charge in [-0.2, -0.15) is 0 Å². The molecule has 1 aromatic rings. The maximum Gasteiger partial charge on any atom is 0.267 e. The molecule has 1 aliphatic rings. The van der Waals surface area contributed by atoms with Crippen LogP contribution in [0, 0.1) is 11.8 Å². The van der Waals surface area contributed by atoms with Gasteiger partial charge in [-0.05, 0) is 30.4 Å². The van der Waals surface area contributed by atoms with Crippen molar-refractivity contribution < 1.29 is 4.79 Å². The zero-order valence-electron chi connectivity index (χ0n) is 11.5. The van der Waals surface area contributed by atoms with Crippen molar-refractivity contribution in [3.63, 3.8) is 0 Å². The van der Waals surface area contributed by atoms with E-state index in [1.54, 1.807) is 12.1 Å². The van der Waals surface area contributed by atoms with Gasteiger partial charge in [0.25, 0.3) is 5.91 Å². The Hall–Kier alpha value is -1.78. The number of carbonyl (C=O) groups is 1. The Bertz CT molecular complexity index is 475. The van der Waals surface area contributed by atoms with Crippen LogP contribution in [-0.2, 0) is 0 Å². The van der Waals surface area contributed by atoms with Crippen molar-refractivity contribution in [2.45, 2.75) is 39.2 Å². The van der Waals surface area contributed by atoms with Gasteiger partial charge in [-0.1, -0.05) is 26.7 Å². The number of pyridine rings is 1. The number of carbonyl (C=O) groups excluding carboxylic acids is 1. The molecule has 1 aromatic heterocycles. The topological polar surface area (TPSA) is 94.0 Å². The third-order valence-corrected chi connectivity index (χ3v) is 4.21. The molecule has 5 heteroatoms. The number of nitrogen functional groups attached to an aromatic ring is 1. The van der Waals surface area contributed by atoms with Gasteiger partial charge in [0.15, 0.2) is 0 Å².